The molecule has 20 heavy (non-hydrogen) atoms. The molecule has 0 aliphatic heterocycles. The van der Waals surface area contributed by atoms with E-state index in [9.17, 15) is 4.79 Å². The van der Waals surface area contributed by atoms with Crippen molar-refractivity contribution in [3.8, 4) is 0 Å². The van der Waals surface area contributed by atoms with Crippen LogP contribution in [-0.4, -0.2) is 10.8 Å². The molecule has 0 saturated carbocycles. The van der Waals surface area contributed by atoms with Crippen LogP contribution in [0.15, 0.2) is 48.2 Å². The number of carbonyl (C=O) groups excluding carboxylic acids is 1. The number of rotatable bonds is 2. The summed E-state index contributed by atoms with van der Waals surface area (Å²) in [5.74, 6) is 0.115. The number of hydrogen-bond acceptors (Lipinski definition) is 2. The van der Waals surface area contributed by atoms with Crippen LogP contribution < -0.4 is 0 Å². The van der Waals surface area contributed by atoms with Crippen LogP contribution in [0.25, 0.3) is 10.8 Å². The molecule has 0 amide bonds. The van der Waals surface area contributed by atoms with Gasteiger partial charge in [-0.25, -0.2) is 0 Å². The van der Waals surface area contributed by atoms with Crippen molar-refractivity contribution in [2.75, 3.05) is 0 Å². The first kappa shape index (κ1) is 13.0. The van der Waals surface area contributed by atoms with E-state index in [1.54, 1.807) is 6.20 Å². The maximum atomic E-state index is 12.7. The van der Waals surface area contributed by atoms with Crippen molar-refractivity contribution < 1.29 is 4.79 Å². The maximum absolute atomic E-state index is 12.7. The molecule has 0 radical (unpaired) electrons. The summed E-state index contributed by atoms with van der Waals surface area (Å²) in [7, 11) is 0. The van der Waals surface area contributed by atoms with Crippen molar-refractivity contribution in [3.63, 3.8) is 0 Å². The highest BCUT2D eigenvalue weighted by Gasteiger charge is 2.16. The second kappa shape index (κ2) is 6.00. The fraction of sp³-hybridized carbons (Fsp3) is 0.333. The number of ketones is 1. The van der Waals surface area contributed by atoms with E-state index in [4.69, 9.17) is 0 Å². The Morgan fingerprint density at radius 1 is 1.00 bits per heavy atom. The molecule has 0 bridgehead atoms. The number of nitrogens with zero attached hydrogens (tertiary/aromatic N) is 1. The first-order chi connectivity index (χ1) is 9.86. The van der Waals surface area contributed by atoms with Crippen LogP contribution >= 0.6 is 0 Å². The van der Waals surface area contributed by atoms with Gasteiger partial charge in [0.05, 0.1) is 0 Å². The van der Waals surface area contributed by atoms with Crippen molar-refractivity contribution in [2.24, 2.45) is 0 Å². The molecule has 102 valence electrons. The zero-order valence-corrected chi connectivity index (χ0v) is 11.6. The molecule has 0 saturated heterocycles. The highest BCUT2D eigenvalue weighted by atomic mass is 16.1. The van der Waals surface area contributed by atoms with Gasteiger partial charge in [-0.1, -0.05) is 43.2 Å². The van der Waals surface area contributed by atoms with Crippen molar-refractivity contribution in [1.82, 2.24) is 4.98 Å². The lowest BCUT2D eigenvalue weighted by molar-refractivity contribution is 0.102. The molecule has 1 aliphatic rings. The van der Waals surface area contributed by atoms with Gasteiger partial charge in [-0.2, -0.15) is 0 Å². The van der Waals surface area contributed by atoms with Crippen LogP contribution in [0, 0.1) is 0 Å². The van der Waals surface area contributed by atoms with Gasteiger partial charge in [-0.05, 0) is 42.7 Å². The molecular weight excluding hydrogens is 246 g/mol. The van der Waals surface area contributed by atoms with Gasteiger partial charge in [-0.3, -0.25) is 9.78 Å². The lowest BCUT2D eigenvalue weighted by Crippen LogP contribution is -2.08. The lowest BCUT2D eigenvalue weighted by Gasteiger charge is -2.11. The van der Waals surface area contributed by atoms with E-state index in [1.165, 1.54) is 19.3 Å². The Morgan fingerprint density at radius 3 is 2.80 bits per heavy atom. The second-order valence-electron chi connectivity index (χ2n) is 5.39. The Morgan fingerprint density at radius 2 is 1.85 bits per heavy atom. The summed E-state index contributed by atoms with van der Waals surface area (Å²) < 4.78 is 0. The van der Waals surface area contributed by atoms with E-state index in [0.29, 0.717) is 5.69 Å². The minimum atomic E-state index is 0.115. The minimum Gasteiger partial charge on any atom is -0.287 e. The number of carbonyl (C=O) groups is 1. The Kier molecular flexibility index (Phi) is 3.91. The third-order valence-electron chi connectivity index (χ3n) is 3.97. The molecule has 0 N–H and O–H groups in total. The normalized spacial score (nSPS) is 18.9. The van der Waals surface area contributed by atoms with E-state index in [-0.39, 0.29) is 5.78 Å². The fourth-order valence-corrected chi connectivity index (χ4v) is 2.85. The molecule has 2 aromatic rings. The van der Waals surface area contributed by atoms with Crippen molar-refractivity contribution in [3.05, 3.63) is 53.9 Å². The van der Waals surface area contributed by atoms with Crippen LogP contribution in [0.5, 0.6) is 0 Å². The average Bonchev–Trinajstić information content (AvgIpc) is 2.46. The van der Waals surface area contributed by atoms with Crippen LogP contribution in [-0.2, 0) is 0 Å². The van der Waals surface area contributed by atoms with Crippen LogP contribution in [0.4, 0.5) is 0 Å². The molecule has 2 heteroatoms. The molecule has 1 aliphatic carbocycles. The Balaban J connectivity index is 1.99. The molecule has 3 rings (SSSR count). The summed E-state index contributed by atoms with van der Waals surface area (Å²) in [6.07, 6.45) is 10.6. The minimum absolute atomic E-state index is 0.115. The number of benzene rings is 1. The van der Waals surface area contributed by atoms with Gasteiger partial charge in [0.15, 0.2) is 0 Å². The van der Waals surface area contributed by atoms with E-state index in [1.807, 2.05) is 30.3 Å². The lowest BCUT2D eigenvalue weighted by atomic mass is 9.94. The summed E-state index contributed by atoms with van der Waals surface area (Å²) >= 11 is 0. The monoisotopic (exact) mass is 265 g/mol. The largest absolute Gasteiger partial charge is 0.287 e. The number of fused-ring (bicyclic) bond motifs is 1. The summed E-state index contributed by atoms with van der Waals surface area (Å²) in [4.78, 5) is 17.1. The van der Waals surface area contributed by atoms with E-state index >= 15 is 0 Å². The molecule has 1 aromatic heterocycles. The number of hydrogen-bond donors (Lipinski definition) is 0. The van der Waals surface area contributed by atoms with E-state index < -0.39 is 0 Å². The van der Waals surface area contributed by atoms with Crippen molar-refractivity contribution in [1.29, 1.82) is 0 Å². The van der Waals surface area contributed by atoms with Crippen LogP contribution in [0.2, 0.25) is 0 Å². The summed E-state index contributed by atoms with van der Waals surface area (Å²) in [6.45, 7) is 0. The third kappa shape index (κ3) is 2.64. The fourth-order valence-electron chi connectivity index (χ4n) is 2.85. The molecule has 0 atom stereocenters. The predicted molar refractivity (Wildman–Crippen MR) is 81.9 cm³/mol. The topological polar surface area (TPSA) is 30.0 Å². The van der Waals surface area contributed by atoms with Gasteiger partial charge in [0, 0.05) is 11.6 Å². The smallest absolute Gasteiger partial charge is 0.207 e. The van der Waals surface area contributed by atoms with Gasteiger partial charge >= 0.3 is 0 Å². The molecular formula is C18H19NO. The Bertz CT molecular complexity index is 652. The first-order valence-electron chi connectivity index (χ1n) is 7.44. The number of Topliss-reactive ketones (excluding diaryl/α,β-unsaturated/α-hetero) is 1. The maximum Gasteiger partial charge on any atom is 0.207 e. The average molecular weight is 265 g/mol. The Hall–Kier alpha value is -1.96. The van der Waals surface area contributed by atoms with Crippen molar-refractivity contribution >= 4 is 16.6 Å². The summed E-state index contributed by atoms with van der Waals surface area (Å²) in [5.41, 5.74) is 1.56. The van der Waals surface area contributed by atoms with Gasteiger partial charge < -0.3 is 0 Å². The van der Waals surface area contributed by atoms with Gasteiger partial charge in [0.25, 0.3) is 0 Å². The zero-order valence-electron chi connectivity index (χ0n) is 11.6. The summed E-state index contributed by atoms with van der Waals surface area (Å²) in [6, 6.07) is 9.93. The standard InChI is InChI=1S/C18H19NO/c20-18(15-9-4-2-1-3-5-10-15)17-16-11-7-6-8-14(16)12-13-19-17/h6-9,11-13H,1-5,10H2/b15-9+. The van der Waals surface area contributed by atoms with Gasteiger partial charge in [0.2, 0.25) is 5.78 Å². The van der Waals surface area contributed by atoms with E-state index in [2.05, 4.69) is 11.1 Å². The van der Waals surface area contributed by atoms with Gasteiger partial charge in [0.1, 0.15) is 5.69 Å². The van der Waals surface area contributed by atoms with Crippen molar-refractivity contribution in [2.45, 2.75) is 38.5 Å². The zero-order chi connectivity index (χ0) is 13.8. The molecule has 1 heterocycles. The number of allylic oxidation sites excluding steroid dienone is 2. The quantitative estimate of drug-likeness (QED) is 0.737. The molecule has 0 unspecified atom stereocenters. The van der Waals surface area contributed by atoms with Gasteiger partial charge in [-0.15, -0.1) is 0 Å². The Labute approximate surface area is 119 Å². The predicted octanol–water partition coefficient (Wildman–Crippen LogP) is 4.70. The first-order valence-corrected chi connectivity index (χ1v) is 7.44. The summed E-state index contributed by atoms with van der Waals surface area (Å²) in [5, 5.41) is 2.04. The molecule has 1 aromatic carbocycles. The number of pyridine rings is 1. The highest BCUT2D eigenvalue weighted by molar-refractivity contribution is 6.14. The molecule has 2 nitrogen and oxygen atoms in total. The third-order valence-corrected chi connectivity index (χ3v) is 3.97. The highest BCUT2D eigenvalue weighted by Crippen LogP contribution is 2.23. The van der Waals surface area contributed by atoms with Crippen LogP contribution in [0.1, 0.15) is 49.0 Å². The second-order valence-corrected chi connectivity index (χ2v) is 5.39. The van der Waals surface area contributed by atoms with Crippen LogP contribution in [0.3, 0.4) is 0 Å². The SMILES string of the molecule is O=C(/C1=C/CCCCCC1)c1nccc2ccccc12. The molecule has 0 fully saturated rings. The molecule has 0 spiro atoms. The van der Waals surface area contributed by atoms with E-state index in [0.717, 1.165) is 35.6 Å². The number of aromatic nitrogens is 1.